The largest absolute Gasteiger partial charge is 0.497 e. The Balaban J connectivity index is 2.87. The van der Waals surface area contributed by atoms with Crippen LogP contribution in [0.2, 0.25) is 0 Å². The lowest BCUT2D eigenvalue weighted by Gasteiger charge is -2.06. The molecule has 0 saturated carbocycles. The Morgan fingerprint density at radius 1 is 1.44 bits per heavy atom. The predicted molar refractivity (Wildman–Crippen MR) is 67.1 cm³/mol. The van der Waals surface area contributed by atoms with Crippen molar-refractivity contribution >= 4 is 23.5 Å². The van der Waals surface area contributed by atoms with Gasteiger partial charge in [-0.25, -0.2) is 0 Å². The summed E-state index contributed by atoms with van der Waals surface area (Å²) < 4.78 is 10.3. The summed E-state index contributed by atoms with van der Waals surface area (Å²) in [4.78, 5) is 0. The molecule has 16 heavy (non-hydrogen) atoms. The molecule has 0 amide bonds. The molecule has 0 aromatic heterocycles. The van der Waals surface area contributed by atoms with Gasteiger partial charge in [0.15, 0.2) is 5.11 Å². The van der Waals surface area contributed by atoms with E-state index >= 15 is 0 Å². The van der Waals surface area contributed by atoms with E-state index in [1.54, 1.807) is 26.5 Å². The van der Waals surface area contributed by atoms with Crippen molar-refractivity contribution in [2.45, 2.75) is 0 Å². The Morgan fingerprint density at radius 3 is 2.75 bits per heavy atom. The highest BCUT2D eigenvalue weighted by atomic mass is 32.1. The summed E-state index contributed by atoms with van der Waals surface area (Å²) in [5, 5.41) is 3.96. The summed E-state index contributed by atoms with van der Waals surface area (Å²) in [5.74, 6) is 1.38. The Labute approximate surface area is 99.2 Å². The minimum Gasteiger partial charge on any atom is -0.497 e. The zero-order chi connectivity index (χ0) is 12.0. The summed E-state index contributed by atoms with van der Waals surface area (Å²) in [5.41, 5.74) is 8.49. The zero-order valence-corrected chi connectivity index (χ0v) is 9.88. The molecule has 0 radical (unpaired) electrons. The van der Waals surface area contributed by atoms with Crippen LogP contribution >= 0.6 is 12.2 Å². The van der Waals surface area contributed by atoms with Crippen molar-refractivity contribution in [1.82, 2.24) is 5.43 Å². The predicted octanol–water partition coefficient (Wildman–Crippen LogP) is 0.871. The maximum atomic E-state index is 5.23. The van der Waals surface area contributed by atoms with Gasteiger partial charge >= 0.3 is 0 Å². The lowest BCUT2D eigenvalue weighted by molar-refractivity contribution is 0.394. The molecule has 0 aliphatic carbocycles. The molecule has 0 aliphatic rings. The average molecular weight is 239 g/mol. The van der Waals surface area contributed by atoms with Gasteiger partial charge in [0.25, 0.3) is 0 Å². The molecule has 0 spiro atoms. The SMILES string of the molecule is COc1ccc(/C=N\NC(N)=S)c(OC)c1. The first-order valence-electron chi connectivity index (χ1n) is 4.48. The van der Waals surface area contributed by atoms with E-state index in [1.807, 2.05) is 12.1 Å². The van der Waals surface area contributed by atoms with Crippen LogP contribution in [0.4, 0.5) is 0 Å². The number of hydrazone groups is 1. The molecule has 0 aliphatic heterocycles. The minimum absolute atomic E-state index is 0.115. The van der Waals surface area contributed by atoms with E-state index in [-0.39, 0.29) is 5.11 Å². The maximum absolute atomic E-state index is 5.23. The fraction of sp³-hybridized carbons (Fsp3) is 0.200. The van der Waals surface area contributed by atoms with Crippen LogP contribution in [0.5, 0.6) is 11.5 Å². The Morgan fingerprint density at radius 2 is 2.19 bits per heavy atom. The first-order chi connectivity index (χ1) is 7.67. The number of ether oxygens (including phenoxy) is 2. The summed E-state index contributed by atoms with van der Waals surface area (Å²) in [6.45, 7) is 0. The van der Waals surface area contributed by atoms with Crippen LogP contribution in [0, 0.1) is 0 Å². The number of nitrogens with zero attached hydrogens (tertiary/aromatic N) is 1. The van der Waals surface area contributed by atoms with Gasteiger partial charge in [0.05, 0.1) is 20.4 Å². The van der Waals surface area contributed by atoms with Crippen LogP contribution in [0.3, 0.4) is 0 Å². The molecule has 6 heteroatoms. The number of thiocarbonyl (C=S) groups is 1. The fourth-order valence-electron chi connectivity index (χ4n) is 1.09. The Bertz CT molecular complexity index is 407. The first kappa shape index (κ1) is 12.3. The van der Waals surface area contributed by atoms with Crippen LogP contribution in [-0.2, 0) is 0 Å². The highest BCUT2D eigenvalue weighted by Gasteiger charge is 2.02. The summed E-state index contributed by atoms with van der Waals surface area (Å²) >= 11 is 4.61. The average Bonchev–Trinajstić information content (AvgIpc) is 2.29. The van der Waals surface area contributed by atoms with Crippen LogP contribution in [-0.4, -0.2) is 25.5 Å². The van der Waals surface area contributed by atoms with Crippen molar-refractivity contribution in [2.24, 2.45) is 10.8 Å². The maximum Gasteiger partial charge on any atom is 0.184 e. The monoisotopic (exact) mass is 239 g/mol. The third-order valence-corrected chi connectivity index (χ3v) is 1.91. The number of benzene rings is 1. The number of hydrogen-bond donors (Lipinski definition) is 2. The Hall–Kier alpha value is -1.82. The second kappa shape index (κ2) is 5.92. The van der Waals surface area contributed by atoms with E-state index in [4.69, 9.17) is 15.2 Å². The Kier molecular flexibility index (Phi) is 4.53. The zero-order valence-electron chi connectivity index (χ0n) is 9.06. The topological polar surface area (TPSA) is 68.9 Å². The van der Waals surface area contributed by atoms with Crippen LogP contribution in [0.25, 0.3) is 0 Å². The van der Waals surface area contributed by atoms with E-state index in [2.05, 4.69) is 22.7 Å². The van der Waals surface area contributed by atoms with Crippen molar-refractivity contribution in [3.63, 3.8) is 0 Å². The van der Waals surface area contributed by atoms with Gasteiger partial charge in [-0.05, 0) is 24.4 Å². The normalized spacial score (nSPS) is 10.1. The third-order valence-electron chi connectivity index (χ3n) is 1.82. The highest BCUT2D eigenvalue weighted by Crippen LogP contribution is 2.22. The van der Waals surface area contributed by atoms with E-state index in [0.29, 0.717) is 5.75 Å². The fourth-order valence-corrected chi connectivity index (χ4v) is 1.14. The molecule has 0 unspecified atom stereocenters. The molecule has 1 rings (SSSR count). The standard InChI is InChI=1S/C10H13N3O2S/c1-14-8-4-3-7(9(5-8)15-2)6-12-13-10(11)16/h3-6H,1-2H3,(H3,11,13,16)/b12-6-. The molecule has 1 aromatic rings. The highest BCUT2D eigenvalue weighted by molar-refractivity contribution is 7.80. The van der Waals surface area contributed by atoms with Crippen molar-refractivity contribution in [2.75, 3.05) is 14.2 Å². The second-order valence-electron chi connectivity index (χ2n) is 2.84. The molecule has 0 fully saturated rings. The molecular weight excluding hydrogens is 226 g/mol. The van der Waals surface area contributed by atoms with Crippen molar-refractivity contribution < 1.29 is 9.47 Å². The third kappa shape index (κ3) is 3.39. The summed E-state index contributed by atoms with van der Waals surface area (Å²) in [6, 6.07) is 5.40. The van der Waals surface area contributed by atoms with E-state index in [9.17, 15) is 0 Å². The summed E-state index contributed by atoms with van der Waals surface area (Å²) in [6.07, 6.45) is 1.57. The van der Waals surface area contributed by atoms with Gasteiger partial charge in [-0.3, -0.25) is 5.43 Å². The number of methoxy groups -OCH3 is 2. The van der Waals surface area contributed by atoms with Gasteiger partial charge in [0, 0.05) is 11.6 Å². The minimum atomic E-state index is 0.115. The number of nitrogens with two attached hydrogens (primary N) is 1. The van der Waals surface area contributed by atoms with Gasteiger partial charge in [-0.1, -0.05) is 0 Å². The van der Waals surface area contributed by atoms with Crippen LogP contribution in [0.15, 0.2) is 23.3 Å². The number of hydrogen-bond acceptors (Lipinski definition) is 4. The van der Waals surface area contributed by atoms with E-state index in [1.165, 1.54) is 0 Å². The van der Waals surface area contributed by atoms with Crippen LogP contribution < -0.4 is 20.6 Å². The molecule has 0 heterocycles. The van der Waals surface area contributed by atoms with Crippen molar-refractivity contribution in [1.29, 1.82) is 0 Å². The second-order valence-corrected chi connectivity index (χ2v) is 3.28. The van der Waals surface area contributed by atoms with Gasteiger partial charge in [-0.2, -0.15) is 5.10 Å². The van der Waals surface area contributed by atoms with Crippen molar-refractivity contribution in [3.05, 3.63) is 23.8 Å². The smallest absolute Gasteiger partial charge is 0.184 e. The van der Waals surface area contributed by atoms with E-state index < -0.39 is 0 Å². The lowest BCUT2D eigenvalue weighted by Crippen LogP contribution is -2.24. The molecule has 5 nitrogen and oxygen atoms in total. The molecule has 86 valence electrons. The van der Waals surface area contributed by atoms with E-state index in [0.717, 1.165) is 11.3 Å². The van der Waals surface area contributed by atoms with Crippen LogP contribution in [0.1, 0.15) is 5.56 Å². The van der Waals surface area contributed by atoms with Gasteiger partial charge in [0.1, 0.15) is 11.5 Å². The molecule has 0 saturated heterocycles. The van der Waals surface area contributed by atoms with Gasteiger partial charge < -0.3 is 15.2 Å². The first-order valence-corrected chi connectivity index (χ1v) is 4.88. The summed E-state index contributed by atoms with van der Waals surface area (Å²) in [7, 11) is 3.17. The lowest BCUT2D eigenvalue weighted by atomic mass is 10.2. The molecule has 0 atom stereocenters. The van der Waals surface area contributed by atoms with Gasteiger partial charge in [-0.15, -0.1) is 0 Å². The van der Waals surface area contributed by atoms with Crippen molar-refractivity contribution in [3.8, 4) is 11.5 Å². The number of rotatable bonds is 4. The van der Waals surface area contributed by atoms with Gasteiger partial charge in [0.2, 0.25) is 0 Å². The number of nitrogens with one attached hydrogen (secondary N) is 1. The quantitative estimate of drug-likeness (QED) is 0.463. The molecule has 3 N–H and O–H groups in total. The molecule has 0 bridgehead atoms. The molecule has 1 aromatic carbocycles. The molecular formula is C10H13N3O2S.